The molecule has 0 spiro atoms. The summed E-state index contributed by atoms with van der Waals surface area (Å²) in [6.45, 7) is 0. The maximum absolute atomic E-state index is 11.1. The lowest BCUT2D eigenvalue weighted by Crippen LogP contribution is -2.12. The molecule has 12 heavy (non-hydrogen) atoms. The molecule has 0 bridgehead atoms. The summed E-state index contributed by atoms with van der Waals surface area (Å²) in [5, 5.41) is 0. The fourth-order valence-electron chi connectivity index (χ4n) is 1.00. The van der Waals surface area contributed by atoms with Crippen LogP contribution in [0.25, 0.3) is 0 Å². The predicted octanol–water partition coefficient (Wildman–Crippen LogP) is 1.86. The first-order valence-electron chi connectivity index (χ1n) is 3.49. The van der Waals surface area contributed by atoms with E-state index < -0.39 is 0 Å². The van der Waals surface area contributed by atoms with Crippen molar-refractivity contribution in [3.05, 3.63) is 33.7 Å². The molecule has 0 N–H and O–H groups in total. The van der Waals surface area contributed by atoms with Crippen molar-refractivity contribution < 1.29 is 0 Å². The molecule has 0 unspecified atom stereocenters. The zero-order chi connectivity index (χ0) is 9.14. The standard InChI is InChI=1S/C8H9Cl2NO/c1-11-6(4-9)2-8(12)3-7(11)5-10/h2-3H,4-5H2,1H3. The number of hydrogen-bond acceptors (Lipinski definition) is 1. The number of aromatic nitrogens is 1. The van der Waals surface area contributed by atoms with E-state index in [0.29, 0.717) is 11.8 Å². The number of rotatable bonds is 2. The summed E-state index contributed by atoms with van der Waals surface area (Å²) in [6.07, 6.45) is 0. The van der Waals surface area contributed by atoms with Crippen LogP contribution in [-0.4, -0.2) is 4.57 Å². The van der Waals surface area contributed by atoms with Crippen LogP contribution in [0.2, 0.25) is 0 Å². The van der Waals surface area contributed by atoms with Gasteiger partial charge in [-0.3, -0.25) is 4.79 Å². The number of alkyl halides is 2. The third kappa shape index (κ3) is 1.82. The molecule has 0 amide bonds. The second-order valence-electron chi connectivity index (χ2n) is 2.50. The maximum atomic E-state index is 11.1. The summed E-state index contributed by atoms with van der Waals surface area (Å²) in [5.41, 5.74) is 1.54. The largest absolute Gasteiger partial charge is 0.349 e. The molecule has 0 fully saturated rings. The van der Waals surface area contributed by atoms with Gasteiger partial charge in [-0.1, -0.05) is 0 Å². The van der Waals surface area contributed by atoms with Gasteiger partial charge in [0.25, 0.3) is 0 Å². The zero-order valence-electron chi connectivity index (χ0n) is 6.68. The Balaban J connectivity index is 3.32. The van der Waals surface area contributed by atoms with Gasteiger partial charge in [-0.2, -0.15) is 0 Å². The van der Waals surface area contributed by atoms with Crippen molar-refractivity contribution in [1.29, 1.82) is 0 Å². The molecule has 0 saturated heterocycles. The average molecular weight is 206 g/mol. The van der Waals surface area contributed by atoms with E-state index in [1.54, 1.807) is 0 Å². The Morgan fingerprint density at radius 1 is 1.25 bits per heavy atom. The van der Waals surface area contributed by atoms with Crippen molar-refractivity contribution in [2.45, 2.75) is 11.8 Å². The number of pyridine rings is 1. The Labute approximate surface area is 80.7 Å². The minimum Gasteiger partial charge on any atom is -0.349 e. The molecular formula is C8H9Cl2NO. The van der Waals surface area contributed by atoms with Crippen LogP contribution >= 0.6 is 23.2 Å². The first-order valence-corrected chi connectivity index (χ1v) is 4.56. The molecule has 0 saturated carbocycles. The summed E-state index contributed by atoms with van der Waals surface area (Å²) in [4.78, 5) is 11.1. The fraction of sp³-hybridized carbons (Fsp3) is 0.375. The highest BCUT2D eigenvalue weighted by atomic mass is 35.5. The molecule has 0 aliphatic carbocycles. The quantitative estimate of drug-likeness (QED) is 0.677. The second kappa shape index (κ2) is 3.97. The Bertz CT molecular complexity index is 304. The molecule has 0 radical (unpaired) electrons. The van der Waals surface area contributed by atoms with Crippen LogP contribution in [0.3, 0.4) is 0 Å². The lowest BCUT2D eigenvalue weighted by atomic mass is 10.3. The van der Waals surface area contributed by atoms with Gasteiger partial charge in [0.15, 0.2) is 5.43 Å². The molecule has 1 heterocycles. The molecule has 0 atom stereocenters. The van der Waals surface area contributed by atoms with Crippen molar-refractivity contribution >= 4 is 23.2 Å². The molecule has 2 nitrogen and oxygen atoms in total. The molecule has 0 aliphatic heterocycles. The van der Waals surface area contributed by atoms with Gasteiger partial charge < -0.3 is 4.57 Å². The van der Waals surface area contributed by atoms with Gasteiger partial charge in [0.1, 0.15) is 0 Å². The number of hydrogen-bond donors (Lipinski definition) is 0. The first-order chi connectivity index (χ1) is 5.69. The summed E-state index contributed by atoms with van der Waals surface area (Å²) >= 11 is 11.3. The van der Waals surface area contributed by atoms with Gasteiger partial charge in [-0.15, -0.1) is 23.2 Å². The van der Waals surface area contributed by atoms with Crippen LogP contribution in [0.5, 0.6) is 0 Å². The summed E-state index contributed by atoms with van der Waals surface area (Å²) in [5.74, 6) is 0.660. The van der Waals surface area contributed by atoms with E-state index in [2.05, 4.69) is 0 Å². The molecule has 1 aromatic heterocycles. The molecule has 4 heteroatoms. The summed E-state index contributed by atoms with van der Waals surface area (Å²) in [6, 6.07) is 3.03. The fourth-order valence-corrected chi connectivity index (χ4v) is 1.52. The van der Waals surface area contributed by atoms with Crippen LogP contribution in [0, 0.1) is 0 Å². The van der Waals surface area contributed by atoms with Crippen LogP contribution < -0.4 is 5.43 Å². The van der Waals surface area contributed by atoms with E-state index in [-0.39, 0.29) is 5.43 Å². The second-order valence-corrected chi connectivity index (χ2v) is 3.03. The summed E-state index contributed by atoms with van der Waals surface area (Å²) in [7, 11) is 1.84. The lowest BCUT2D eigenvalue weighted by Gasteiger charge is -2.09. The van der Waals surface area contributed by atoms with Gasteiger partial charge in [0, 0.05) is 30.6 Å². The minimum absolute atomic E-state index is 0.0422. The normalized spacial score (nSPS) is 10.2. The van der Waals surface area contributed by atoms with Crippen molar-refractivity contribution in [2.24, 2.45) is 7.05 Å². The van der Waals surface area contributed by atoms with E-state index in [9.17, 15) is 4.79 Å². The van der Waals surface area contributed by atoms with E-state index in [0.717, 1.165) is 11.4 Å². The smallest absolute Gasteiger partial charge is 0.182 e. The SMILES string of the molecule is Cn1c(CCl)cc(=O)cc1CCl. The van der Waals surface area contributed by atoms with Crippen LogP contribution in [-0.2, 0) is 18.8 Å². The molecule has 1 rings (SSSR count). The monoisotopic (exact) mass is 205 g/mol. The highest BCUT2D eigenvalue weighted by Crippen LogP contribution is 2.06. The Kier molecular flexibility index (Phi) is 3.18. The van der Waals surface area contributed by atoms with Gasteiger partial charge in [0.05, 0.1) is 11.8 Å². The Morgan fingerprint density at radius 2 is 1.67 bits per heavy atom. The van der Waals surface area contributed by atoms with E-state index in [1.807, 2.05) is 11.6 Å². The lowest BCUT2D eigenvalue weighted by molar-refractivity contribution is 0.798. The van der Waals surface area contributed by atoms with E-state index in [1.165, 1.54) is 12.1 Å². The van der Waals surface area contributed by atoms with Crippen molar-refractivity contribution in [2.75, 3.05) is 0 Å². The topological polar surface area (TPSA) is 22.0 Å². The van der Waals surface area contributed by atoms with Gasteiger partial charge in [0.2, 0.25) is 0 Å². The van der Waals surface area contributed by atoms with Crippen LogP contribution in [0.4, 0.5) is 0 Å². The van der Waals surface area contributed by atoms with Crippen molar-refractivity contribution in [1.82, 2.24) is 4.57 Å². The number of nitrogens with zero attached hydrogens (tertiary/aromatic N) is 1. The molecule has 0 aromatic carbocycles. The molecule has 1 aromatic rings. The third-order valence-electron chi connectivity index (χ3n) is 1.75. The highest BCUT2D eigenvalue weighted by Gasteiger charge is 2.01. The zero-order valence-corrected chi connectivity index (χ0v) is 8.19. The van der Waals surface area contributed by atoms with Crippen LogP contribution in [0.1, 0.15) is 11.4 Å². The average Bonchev–Trinajstić information content (AvgIpc) is 2.08. The predicted molar refractivity (Wildman–Crippen MR) is 50.8 cm³/mol. The molecular weight excluding hydrogens is 197 g/mol. The van der Waals surface area contributed by atoms with Crippen molar-refractivity contribution in [3.63, 3.8) is 0 Å². The van der Waals surface area contributed by atoms with E-state index in [4.69, 9.17) is 23.2 Å². The Hall–Kier alpha value is -0.470. The van der Waals surface area contributed by atoms with Gasteiger partial charge in [-0.25, -0.2) is 0 Å². The molecule has 66 valence electrons. The third-order valence-corrected chi connectivity index (χ3v) is 2.30. The Morgan fingerprint density at radius 3 is 2.00 bits per heavy atom. The van der Waals surface area contributed by atoms with E-state index >= 15 is 0 Å². The summed E-state index contributed by atoms with van der Waals surface area (Å²) < 4.78 is 1.83. The highest BCUT2D eigenvalue weighted by molar-refractivity contribution is 6.17. The minimum atomic E-state index is -0.0422. The number of halogens is 2. The van der Waals surface area contributed by atoms with Gasteiger partial charge in [-0.05, 0) is 0 Å². The van der Waals surface area contributed by atoms with Gasteiger partial charge >= 0.3 is 0 Å². The first kappa shape index (κ1) is 9.62. The van der Waals surface area contributed by atoms with Crippen LogP contribution in [0.15, 0.2) is 16.9 Å². The molecule has 0 aliphatic rings. The maximum Gasteiger partial charge on any atom is 0.182 e. The van der Waals surface area contributed by atoms with Crippen molar-refractivity contribution in [3.8, 4) is 0 Å².